The van der Waals surface area contributed by atoms with Gasteiger partial charge in [-0.2, -0.15) is 0 Å². The fraction of sp³-hybridized carbons (Fsp3) is 0.381. The van der Waals surface area contributed by atoms with E-state index in [0.717, 1.165) is 25.1 Å². The molecule has 1 saturated heterocycles. The van der Waals surface area contributed by atoms with Crippen LogP contribution in [0.3, 0.4) is 0 Å². The number of hydrogen-bond donors (Lipinski definition) is 1. The van der Waals surface area contributed by atoms with Crippen molar-refractivity contribution in [1.29, 1.82) is 0 Å². The lowest BCUT2D eigenvalue weighted by atomic mass is 9.77. The highest BCUT2D eigenvalue weighted by Crippen LogP contribution is 2.49. The van der Waals surface area contributed by atoms with Crippen LogP contribution in [0.4, 0.5) is 5.69 Å². The van der Waals surface area contributed by atoms with Gasteiger partial charge in [0.05, 0.1) is 24.8 Å². The minimum atomic E-state index is -0.303. The second-order valence-electron chi connectivity index (χ2n) is 6.92. The van der Waals surface area contributed by atoms with E-state index in [4.69, 9.17) is 9.47 Å². The molecule has 2 aromatic carbocycles. The zero-order valence-electron chi connectivity index (χ0n) is 14.6. The molecule has 4 nitrogen and oxygen atoms in total. The van der Waals surface area contributed by atoms with E-state index in [2.05, 4.69) is 30.4 Å². The normalized spacial score (nSPS) is 24.6. The molecule has 0 radical (unpaired) electrons. The van der Waals surface area contributed by atoms with Crippen molar-refractivity contribution in [1.82, 2.24) is 0 Å². The van der Waals surface area contributed by atoms with Crippen LogP contribution in [-0.4, -0.2) is 19.7 Å². The number of aryl methyl sites for hydroxylation is 1. The summed E-state index contributed by atoms with van der Waals surface area (Å²) in [4.78, 5) is 11.7. The third kappa shape index (κ3) is 2.91. The Balaban J connectivity index is 1.69. The molecule has 4 heteroatoms. The van der Waals surface area contributed by atoms with Crippen LogP contribution in [0.15, 0.2) is 42.5 Å². The molecular weight excluding hydrogens is 314 g/mol. The van der Waals surface area contributed by atoms with Crippen molar-refractivity contribution in [2.24, 2.45) is 5.92 Å². The monoisotopic (exact) mass is 337 g/mol. The van der Waals surface area contributed by atoms with E-state index in [0.29, 0.717) is 11.5 Å². The summed E-state index contributed by atoms with van der Waals surface area (Å²) in [7, 11) is 1.40. The fourth-order valence-corrected chi connectivity index (χ4v) is 4.06. The summed E-state index contributed by atoms with van der Waals surface area (Å²) in [5, 5.41) is 3.71. The zero-order chi connectivity index (χ0) is 17.4. The van der Waals surface area contributed by atoms with Gasteiger partial charge in [-0.15, -0.1) is 0 Å². The van der Waals surface area contributed by atoms with Gasteiger partial charge in [-0.1, -0.05) is 29.8 Å². The SMILES string of the molecule is COC(=O)c1ccc(C2Nc3ccc(C)cc3C3OCCCC23)cc1. The van der Waals surface area contributed by atoms with Gasteiger partial charge in [0.25, 0.3) is 0 Å². The van der Waals surface area contributed by atoms with E-state index >= 15 is 0 Å². The molecular formula is C21H23NO3. The maximum Gasteiger partial charge on any atom is 0.337 e. The second kappa shape index (κ2) is 6.52. The van der Waals surface area contributed by atoms with Crippen molar-refractivity contribution in [2.75, 3.05) is 19.0 Å². The van der Waals surface area contributed by atoms with Gasteiger partial charge in [0, 0.05) is 23.8 Å². The Morgan fingerprint density at radius 3 is 2.76 bits per heavy atom. The third-order valence-electron chi connectivity index (χ3n) is 5.31. The number of ether oxygens (including phenoxy) is 2. The number of nitrogens with one attached hydrogen (secondary N) is 1. The lowest BCUT2D eigenvalue weighted by Crippen LogP contribution is -2.36. The number of rotatable bonds is 2. The Labute approximate surface area is 148 Å². The molecule has 3 unspecified atom stereocenters. The van der Waals surface area contributed by atoms with Crippen LogP contribution in [0.5, 0.6) is 0 Å². The Kier molecular flexibility index (Phi) is 4.22. The van der Waals surface area contributed by atoms with Crippen molar-refractivity contribution in [3.8, 4) is 0 Å². The summed E-state index contributed by atoms with van der Waals surface area (Å²) in [5.74, 6) is 0.0925. The molecule has 4 rings (SSSR count). The van der Waals surface area contributed by atoms with Gasteiger partial charge in [0.15, 0.2) is 0 Å². The van der Waals surface area contributed by atoms with Crippen molar-refractivity contribution < 1.29 is 14.3 Å². The largest absolute Gasteiger partial charge is 0.465 e. The summed E-state index contributed by atoms with van der Waals surface area (Å²) in [6.07, 6.45) is 2.35. The number of carbonyl (C=O) groups is 1. The van der Waals surface area contributed by atoms with Crippen LogP contribution >= 0.6 is 0 Å². The summed E-state index contributed by atoms with van der Waals surface area (Å²) >= 11 is 0. The Bertz CT molecular complexity index is 784. The molecule has 1 N–H and O–H groups in total. The first-order valence-electron chi connectivity index (χ1n) is 8.84. The summed E-state index contributed by atoms with van der Waals surface area (Å²) in [5.41, 5.74) is 5.44. The van der Waals surface area contributed by atoms with Crippen LogP contribution in [0.1, 0.15) is 52.0 Å². The predicted octanol–water partition coefficient (Wildman–Crippen LogP) is 4.42. The van der Waals surface area contributed by atoms with Gasteiger partial charge in [-0.05, 0) is 43.5 Å². The van der Waals surface area contributed by atoms with Gasteiger partial charge in [-0.25, -0.2) is 4.79 Å². The molecule has 1 fully saturated rings. The molecule has 2 aliphatic heterocycles. The zero-order valence-corrected chi connectivity index (χ0v) is 14.6. The van der Waals surface area contributed by atoms with Gasteiger partial charge in [-0.3, -0.25) is 0 Å². The molecule has 2 aromatic rings. The first-order valence-corrected chi connectivity index (χ1v) is 8.84. The average molecular weight is 337 g/mol. The van der Waals surface area contributed by atoms with Gasteiger partial charge >= 0.3 is 5.97 Å². The molecule has 130 valence electrons. The predicted molar refractivity (Wildman–Crippen MR) is 96.7 cm³/mol. The molecule has 0 spiro atoms. The van der Waals surface area contributed by atoms with Gasteiger partial charge < -0.3 is 14.8 Å². The minimum absolute atomic E-state index is 0.134. The van der Waals surface area contributed by atoms with E-state index < -0.39 is 0 Å². The van der Waals surface area contributed by atoms with Crippen molar-refractivity contribution in [3.63, 3.8) is 0 Å². The lowest BCUT2D eigenvalue weighted by Gasteiger charge is -2.43. The second-order valence-corrected chi connectivity index (χ2v) is 6.92. The van der Waals surface area contributed by atoms with Crippen LogP contribution in [0.25, 0.3) is 0 Å². The van der Waals surface area contributed by atoms with Crippen molar-refractivity contribution >= 4 is 11.7 Å². The lowest BCUT2D eigenvalue weighted by molar-refractivity contribution is -0.0381. The molecule has 25 heavy (non-hydrogen) atoms. The van der Waals surface area contributed by atoms with E-state index in [1.165, 1.54) is 23.8 Å². The topological polar surface area (TPSA) is 47.6 Å². The number of carbonyl (C=O) groups excluding carboxylic acids is 1. The average Bonchev–Trinajstić information content (AvgIpc) is 2.67. The smallest absolute Gasteiger partial charge is 0.337 e. The molecule has 0 amide bonds. The summed E-state index contributed by atoms with van der Waals surface area (Å²) in [6, 6.07) is 14.4. The summed E-state index contributed by atoms with van der Waals surface area (Å²) < 4.78 is 11.0. The third-order valence-corrected chi connectivity index (χ3v) is 5.31. The minimum Gasteiger partial charge on any atom is -0.465 e. The Morgan fingerprint density at radius 1 is 1.20 bits per heavy atom. The standard InChI is InChI=1S/C21H23NO3/c1-13-5-10-18-17(12-13)20-16(4-3-11-25-20)19(22-18)14-6-8-15(9-7-14)21(23)24-2/h5-10,12,16,19-20,22H,3-4,11H2,1-2H3. The van der Waals surface area contributed by atoms with Crippen molar-refractivity contribution in [3.05, 3.63) is 64.7 Å². The number of methoxy groups -OCH3 is 1. The first-order chi connectivity index (χ1) is 12.2. The fourth-order valence-electron chi connectivity index (χ4n) is 4.06. The molecule has 3 atom stereocenters. The maximum atomic E-state index is 11.7. The molecule has 0 saturated carbocycles. The van der Waals surface area contributed by atoms with Crippen LogP contribution in [-0.2, 0) is 9.47 Å². The number of fused-ring (bicyclic) bond motifs is 3. The number of anilines is 1. The van der Waals surface area contributed by atoms with E-state index in [1.807, 2.05) is 24.3 Å². The molecule has 0 bridgehead atoms. The highest BCUT2D eigenvalue weighted by atomic mass is 16.5. The van der Waals surface area contributed by atoms with E-state index in [9.17, 15) is 4.79 Å². The molecule has 0 aromatic heterocycles. The van der Waals surface area contributed by atoms with E-state index in [1.54, 1.807) is 0 Å². The number of hydrogen-bond acceptors (Lipinski definition) is 4. The highest BCUT2D eigenvalue weighted by Gasteiger charge is 2.39. The van der Waals surface area contributed by atoms with Gasteiger partial charge in [0.2, 0.25) is 0 Å². The van der Waals surface area contributed by atoms with Crippen LogP contribution in [0.2, 0.25) is 0 Å². The highest BCUT2D eigenvalue weighted by molar-refractivity contribution is 5.89. The van der Waals surface area contributed by atoms with E-state index in [-0.39, 0.29) is 18.1 Å². The molecule has 2 heterocycles. The van der Waals surface area contributed by atoms with Crippen LogP contribution < -0.4 is 5.32 Å². The maximum absolute atomic E-state index is 11.7. The van der Waals surface area contributed by atoms with Gasteiger partial charge in [0.1, 0.15) is 0 Å². The van der Waals surface area contributed by atoms with Crippen molar-refractivity contribution in [2.45, 2.75) is 31.9 Å². The number of esters is 1. The number of benzene rings is 2. The molecule has 2 aliphatic rings. The quantitative estimate of drug-likeness (QED) is 0.824. The first kappa shape index (κ1) is 16.2. The van der Waals surface area contributed by atoms with Crippen LogP contribution in [0, 0.1) is 12.8 Å². The Morgan fingerprint density at radius 2 is 2.00 bits per heavy atom. The Hall–Kier alpha value is -2.33. The summed E-state index contributed by atoms with van der Waals surface area (Å²) in [6.45, 7) is 2.94. The molecule has 0 aliphatic carbocycles.